The molecule has 172 valence electrons. The fraction of sp³-hybridized carbons (Fsp3) is 0.250. The Morgan fingerprint density at radius 2 is 1.71 bits per heavy atom. The van der Waals surface area contributed by atoms with Gasteiger partial charge >= 0.3 is 0 Å². The van der Waals surface area contributed by atoms with Crippen LogP contribution in [0.1, 0.15) is 37.7 Å². The molecule has 0 spiro atoms. The molecule has 4 amide bonds. The van der Waals surface area contributed by atoms with Crippen molar-refractivity contribution in [2.45, 2.75) is 19.8 Å². The molecule has 0 aliphatic carbocycles. The lowest BCUT2D eigenvalue weighted by atomic mass is 10.1. The van der Waals surface area contributed by atoms with Crippen molar-refractivity contribution in [2.75, 3.05) is 23.3 Å². The average Bonchev–Trinajstić information content (AvgIpc) is 3.51. The quantitative estimate of drug-likeness (QED) is 0.549. The Kier molecular flexibility index (Phi) is 5.66. The zero-order valence-corrected chi connectivity index (χ0v) is 19.2. The van der Waals surface area contributed by atoms with E-state index in [-0.39, 0.29) is 36.6 Å². The molecule has 1 saturated heterocycles. The van der Waals surface area contributed by atoms with Crippen molar-refractivity contribution in [2.24, 2.45) is 5.92 Å². The first kappa shape index (κ1) is 21.9. The standard InChI is InChI=1S/C24H21N5O4S/c1-14-6-8-16(9-7-14)29-13-15(12-20(29)30)21(31)25-24-27-26-19(34-24)10-11-28-22(32)17-4-2-3-5-18(17)23(28)33/h2-9,15H,10-13H2,1H3,(H,25,27,31). The molecule has 0 radical (unpaired) electrons. The normalized spacial score (nSPS) is 17.4. The summed E-state index contributed by atoms with van der Waals surface area (Å²) in [6, 6.07) is 14.3. The number of nitrogens with zero attached hydrogens (tertiary/aromatic N) is 4. The summed E-state index contributed by atoms with van der Waals surface area (Å²) in [6.07, 6.45) is 0.466. The van der Waals surface area contributed by atoms with E-state index in [4.69, 9.17) is 0 Å². The molecule has 1 unspecified atom stereocenters. The molecule has 9 nitrogen and oxygen atoms in total. The SMILES string of the molecule is Cc1ccc(N2CC(C(=O)Nc3nnc(CCN4C(=O)c5ccccc5C4=O)s3)CC2=O)cc1. The summed E-state index contributed by atoms with van der Waals surface area (Å²) in [7, 11) is 0. The molecule has 1 aromatic heterocycles. The van der Waals surface area contributed by atoms with Crippen LogP contribution in [0.4, 0.5) is 10.8 Å². The Morgan fingerprint density at radius 1 is 1.03 bits per heavy atom. The van der Waals surface area contributed by atoms with Crippen LogP contribution in [0.25, 0.3) is 0 Å². The monoisotopic (exact) mass is 475 g/mol. The second-order valence-electron chi connectivity index (χ2n) is 8.29. The second-order valence-corrected chi connectivity index (χ2v) is 9.35. The van der Waals surface area contributed by atoms with Crippen molar-refractivity contribution in [1.82, 2.24) is 15.1 Å². The number of carbonyl (C=O) groups excluding carboxylic acids is 4. The predicted molar refractivity (Wildman–Crippen MR) is 126 cm³/mol. The Hall–Kier alpha value is -3.92. The van der Waals surface area contributed by atoms with Crippen LogP contribution in [0.2, 0.25) is 0 Å². The third-order valence-electron chi connectivity index (χ3n) is 5.97. The maximum Gasteiger partial charge on any atom is 0.261 e. The van der Waals surface area contributed by atoms with Crippen LogP contribution >= 0.6 is 11.3 Å². The van der Waals surface area contributed by atoms with Crippen LogP contribution in [0.5, 0.6) is 0 Å². The number of amides is 4. The van der Waals surface area contributed by atoms with E-state index in [0.717, 1.165) is 11.3 Å². The van der Waals surface area contributed by atoms with Gasteiger partial charge in [0.15, 0.2) is 0 Å². The number of benzene rings is 2. The number of nitrogens with one attached hydrogen (secondary N) is 1. The van der Waals surface area contributed by atoms with Gasteiger partial charge in [-0.1, -0.05) is 41.2 Å². The predicted octanol–water partition coefficient (Wildman–Crippen LogP) is 2.68. The highest BCUT2D eigenvalue weighted by atomic mass is 32.1. The summed E-state index contributed by atoms with van der Waals surface area (Å²) in [5, 5.41) is 11.7. The Morgan fingerprint density at radius 3 is 2.38 bits per heavy atom. The molecule has 2 aromatic carbocycles. The maximum atomic E-state index is 12.7. The topological polar surface area (TPSA) is 113 Å². The number of aromatic nitrogens is 2. The summed E-state index contributed by atoms with van der Waals surface area (Å²) in [6.45, 7) is 2.46. The minimum Gasteiger partial charge on any atom is -0.312 e. The zero-order valence-electron chi connectivity index (χ0n) is 18.4. The average molecular weight is 476 g/mol. The minimum absolute atomic E-state index is 0.0945. The fourth-order valence-electron chi connectivity index (χ4n) is 4.12. The van der Waals surface area contributed by atoms with Crippen LogP contribution < -0.4 is 10.2 Å². The van der Waals surface area contributed by atoms with Crippen molar-refractivity contribution in [3.05, 3.63) is 70.2 Å². The van der Waals surface area contributed by atoms with Crippen molar-refractivity contribution in [3.63, 3.8) is 0 Å². The van der Waals surface area contributed by atoms with E-state index >= 15 is 0 Å². The van der Waals surface area contributed by atoms with Gasteiger partial charge in [0.1, 0.15) is 5.01 Å². The van der Waals surface area contributed by atoms with Crippen molar-refractivity contribution in [3.8, 4) is 0 Å². The molecule has 34 heavy (non-hydrogen) atoms. The van der Waals surface area contributed by atoms with E-state index in [1.165, 1.54) is 16.2 Å². The van der Waals surface area contributed by atoms with E-state index in [2.05, 4.69) is 15.5 Å². The number of carbonyl (C=O) groups is 4. The summed E-state index contributed by atoms with van der Waals surface area (Å²) in [4.78, 5) is 53.0. The molecule has 0 saturated carbocycles. The highest BCUT2D eigenvalue weighted by Gasteiger charge is 2.36. The first-order valence-corrected chi connectivity index (χ1v) is 11.7. The van der Waals surface area contributed by atoms with Gasteiger partial charge < -0.3 is 10.2 Å². The van der Waals surface area contributed by atoms with E-state index in [9.17, 15) is 19.2 Å². The summed E-state index contributed by atoms with van der Waals surface area (Å²) in [5.41, 5.74) is 2.68. The fourth-order valence-corrected chi connectivity index (χ4v) is 4.85. The number of anilines is 2. The molecule has 3 heterocycles. The van der Waals surface area contributed by atoms with Gasteiger partial charge in [0.05, 0.1) is 17.0 Å². The largest absolute Gasteiger partial charge is 0.312 e. The first-order valence-electron chi connectivity index (χ1n) is 10.9. The van der Waals surface area contributed by atoms with Gasteiger partial charge in [-0.2, -0.15) is 0 Å². The van der Waals surface area contributed by atoms with Gasteiger partial charge in [-0.15, -0.1) is 10.2 Å². The van der Waals surface area contributed by atoms with Crippen LogP contribution in [-0.2, 0) is 16.0 Å². The van der Waals surface area contributed by atoms with Crippen molar-refractivity contribution < 1.29 is 19.2 Å². The molecule has 1 fully saturated rings. The lowest BCUT2D eigenvalue weighted by Crippen LogP contribution is -2.31. The molecule has 2 aliphatic heterocycles. The Labute approximate surface area is 199 Å². The molecule has 1 atom stereocenters. The molecule has 1 N–H and O–H groups in total. The number of hydrogen-bond acceptors (Lipinski definition) is 7. The van der Waals surface area contributed by atoms with E-state index in [1.54, 1.807) is 29.2 Å². The van der Waals surface area contributed by atoms with Crippen molar-refractivity contribution in [1.29, 1.82) is 0 Å². The molecule has 5 rings (SSSR count). The highest BCUT2D eigenvalue weighted by Crippen LogP contribution is 2.27. The summed E-state index contributed by atoms with van der Waals surface area (Å²) in [5.74, 6) is -1.50. The Bertz CT molecular complexity index is 1270. The molecule has 2 aliphatic rings. The van der Waals surface area contributed by atoms with Gasteiger partial charge in [-0.3, -0.25) is 24.1 Å². The van der Waals surface area contributed by atoms with Crippen LogP contribution in [0, 0.1) is 12.8 Å². The first-order chi connectivity index (χ1) is 16.4. The highest BCUT2D eigenvalue weighted by molar-refractivity contribution is 7.15. The lowest BCUT2D eigenvalue weighted by molar-refractivity contribution is -0.122. The number of rotatable bonds is 6. The van der Waals surface area contributed by atoms with E-state index < -0.39 is 5.92 Å². The van der Waals surface area contributed by atoms with Crippen LogP contribution in [-0.4, -0.2) is 51.8 Å². The number of imide groups is 1. The van der Waals surface area contributed by atoms with Crippen molar-refractivity contribution >= 4 is 45.8 Å². The smallest absolute Gasteiger partial charge is 0.261 e. The molecule has 10 heteroatoms. The molecule has 3 aromatic rings. The Balaban J connectivity index is 1.17. The lowest BCUT2D eigenvalue weighted by Gasteiger charge is -2.16. The van der Waals surface area contributed by atoms with Crippen LogP contribution in [0.3, 0.4) is 0 Å². The number of fused-ring (bicyclic) bond motifs is 1. The van der Waals surface area contributed by atoms with Gasteiger partial charge in [0.2, 0.25) is 16.9 Å². The summed E-state index contributed by atoms with van der Waals surface area (Å²) >= 11 is 1.19. The van der Waals surface area contributed by atoms with Gasteiger partial charge in [0.25, 0.3) is 11.8 Å². The molecule has 0 bridgehead atoms. The zero-order chi connectivity index (χ0) is 23.8. The number of hydrogen-bond donors (Lipinski definition) is 1. The number of aryl methyl sites for hydroxylation is 1. The summed E-state index contributed by atoms with van der Waals surface area (Å²) < 4.78 is 0. The van der Waals surface area contributed by atoms with Gasteiger partial charge in [0, 0.05) is 31.6 Å². The van der Waals surface area contributed by atoms with Gasteiger partial charge in [-0.05, 0) is 31.2 Å². The second kappa shape index (κ2) is 8.79. The van der Waals surface area contributed by atoms with Crippen LogP contribution in [0.15, 0.2) is 48.5 Å². The third kappa shape index (κ3) is 4.08. The van der Waals surface area contributed by atoms with E-state index in [1.807, 2.05) is 31.2 Å². The van der Waals surface area contributed by atoms with E-state index in [0.29, 0.717) is 34.2 Å². The molecular weight excluding hydrogens is 454 g/mol. The maximum absolute atomic E-state index is 12.7. The molecular formula is C24H21N5O4S. The third-order valence-corrected chi connectivity index (χ3v) is 6.86. The minimum atomic E-state index is -0.487. The van der Waals surface area contributed by atoms with Gasteiger partial charge in [-0.25, -0.2) is 0 Å².